The average Bonchev–Trinajstić information content (AvgIpc) is 2.93. The van der Waals surface area contributed by atoms with Crippen LogP contribution in [0.15, 0.2) is 11.6 Å². The Morgan fingerprint density at radius 1 is 1.22 bits per heavy atom. The Bertz CT molecular complexity index is 250. The molecule has 1 fully saturated rings. The van der Waals surface area contributed by atoms with Crippen LogP contribution in [0.5, 0.6) is 0 Å². The quantitative estimate of drug-likeness (QED) is 0.637. The second-order valence-electron chi connectivity index (χ2n) is 6.26. The third-order valence-electron chi connectivity index (χ3n) is 4.75. The number of hydrogen-bond acceptors (Lipinski definition) is 1. The molecule has 0 aromatic heterocycles. The monoisotopic (exact) mass is 249 g/mol. The molecule has 0 bridgehead atoms. The van der Waals surface area contributed by atoms with Gasteiger partial charge in [0.15, 0.2) is 0 Å². The minimum absolute atomic E-state index is 0.700. The Morgan fingerprint density at radius 2 is 2.06 bits per heavy atom. The zero-order valence-corrected chi connectivity index (χ0v) is 12.2. The third-order valence-corrected chi connectivity index (χ3v) is 4.75. The molecular formula is C17H31N. The smallest absolute Gasteiger partial charge is 0.0279 e. The summed E-state index contributed by atoms with van der Waals surface area (Å²) in [6.45, 7) is 3.46. The highest BCUT2D eigenvalue weighted by Gasteiger charge is 2.20. The first kappa shape index (κ1) is 14.1. The molecule has 0 aliphatic heterocycles. The molecule has 1 atom stereocenters. The van der Waals surface area contributed by atoms with Crippen LogP contribution >= 0.6 is 0 Å². The largest absolute Gasteiger partial charge is 0.310 e. The van der Waals surface area contributed by atoms with E-state index in [1.54, 1.807) is 5.57 Å². The van der Waals surface area contributed by atoms with E-state index < -0.39 is 0 Å². The molecule has 18 heavy (non-hydrogen) atoms. The average molecular weight is 249 g/mol. The number of hydrogen-bond donors (Lipinski definition) is 1. The summed E-state index contributed by atoms with van der Waals surface area (Å²) in [4.78, 5) is 0. The van der Waals surface area contributed by atoms with Crippen LogP contribution in [0.25, 0.3) is 0 Å². The summed E-state index contributed by atoms with van der Waals surface area (Å²) in [6.07, 6.45) is 18.1. The molecular weight excluding hydrogens is 218 g/mol. The Balaban J connectivity index is 1.81. The van der Waals surface area contributed by atoms with E-state index in [2.05, 4.69) is 18.3 Å². The van der Waals surface area contributed by atoms with Gasteiger partial charge < -0.3 is 5.32 Å². The minimum atomic E-state index is 0.700. The first-order valence-corrected chi connectivity index (χ1v) is 8.32. The van der Waals surface area contributed by atoms with E-state index >= 15 is 0 Å². The van der Waals surface area contributed by atoms with Gasteiger partial charge >= 0.3 is 0 Å². The molecule has 1 nitrogen and oxygen atoms in total. The van der Waals surface area contributed by atoms with Gasteiger partial charge in [0, 0.05) is 6.04 Å². The van der Waals surface area contributed by atoms with Crippen molar-refractivity contribution in [3.63, 3.8) is 0 Å². The lowest BCUT2D eigenvalue weighted by Crippen LogP contribution is -2.32. The number of nitrogens with one attached hydrogen (secondary N) is 1. The van der Waals surface area contributed by atoms with Gasteiger partial charge in [-0.25, -0.2) is 0 Å². The Morgan fingerprint density at radius 3 is 2.72 bits per heavy atom. The SMILES string of the molecule is CCCNC(CCC1CCCC1)C1=CCCCC1. The normalized spacial score (nSPS) is 23.1. The Labute approximate surface area is 113 Å². The van der Waals surface area contributed by atoms with Crippen molar-refractivity contribution in [2.24, 2.45) is 5.92 Å². The highest BCUT2D eigenvalue weighted by atomic mass is 14.9. The lowest BCUT2D eigenvalue weighted by molar-refractivity contribution is 0.420. The maximum absolute atomic E-state index is 3.79. The van der Waals surface area contributed by atoms with Gasteiger partial charge in [-0.1, -0.05) is 44.3 Å². The molecule has 2 aliphatic rings. The van der Waals surface area contributed by atoms with Gasteiger partial charge in [-0.05, 0) is 57.4 Å². The fourth-order valence-electron chi connectivity index (χ4n) is 3.62. The van der Waals surface area contributed by atoms with Crippen molar-refractivity contribution in [1.29, 1.82) is 0 Å². The second-order valence-corrected chi connectivity index (χ2v) is 6.26. The van der Waals surface area contributed by atoms with Crippen LogP contribution in [0.4, 0.5) is 0 Å². The summed E-state index contributed by atoms with van der Waals surface area (Å²) in [7, 11) is 0. The van der Waals surface area contributed by atoms with Crippen molar-refractivity contribution in [3.05, 3.63) is 11.6 Å². The van der Waals surface area contributed by atoms with Gasteiger partial charge in [0.05, 0.1) is 0 Å². The zero-order chi connectivity index (χ0) is 12.6. The molecule has 1 heteroatoms. The van der Waals surface area contributed by atoms with Gasteiger partial charge in [0.25, 0.3) is 0 Å². The van der Waals surface area contributed by atoms with Gasteiger partial charge in [-0.3, -0.25) is 0 Å². The lowest BCUT2D eigenvalue weighted by atomic mass is 9.89. The van der Waals surface area contributed by atoms with Crippen LogP contribution in [-0.4, -0.2) is 12.6 Å². The van der Waals surface area contributed by atoms with Crippen LogP contribution in [0.3, 0.4) is 0 Å². The summed E-state index contributed by atoms with van der Waals surface area (Å²) in [6, 6.07) is 0.700. The molecule has 0 spiro atoms. The zero-order valence-electron chi connectivity index (χ0n) is 12.2. The highest BCUT2D eigenvalue weighted by molar-refractivity contribution is 5.13. The van der Waals surface area contributed by atoms with E-state index in [1.165, 1.54) is 77.2 Å². The molecule has 0 aromatic carbocycles. The molecule has 1 saturated carbocycles. The van der Waals surface area contributed by atoms with Gasteiger partial charge in [-0.15, -0.1) is 0 Å². The van der Waals surface area contributed by atoms with Crippen molar-refractivity contribution in [2.75, 3.05) is 6.54 Å². The first-order valence-electron chi connectivity index (χ1n) is 8.32. The van der Waals surface area contributed by atoms with Gasteiger partial charge in [0.2, 0.25) is 0 Å². The maximum atomic E-state index is 3.79. The predicted molar refractivity (Wildman–Crippen MR) is 79.8 cm³/mol. The van der Waals surface area contributed by atoms with E-state index in [4.69, 9.17) is 0 Å². The summed E-state index contributed by atoms with van der Waals surface area (Å²) >= 11 is 0. The predicted octanol–water partition coefficient (Wildman–Crippen LogP) is 4.83. The van der Waals surface area contributed by atoms with Crippen molar-refractivity contribution in [1.82, 2.24) is 5.32 Å². The fourth-order valence-corrected chi connectivity index (χ4v) is 3.62. The third kappa shape index (κ3) is 4.42. The van der Waals surface area contributed by atoms with Crippen LogP contribution in [0, 0.1) is 5.92 Å². The van der Waals surface area contributed by atoms with Crippen LogP contribution in [-0.2, 0) is 0 Å². The van der Waals surface area contributed by atoms with Crippen molar-refractivity contribution < 1.29 is 0 Å². The topological polar surface area (TPSA) is 12.0 Å². The molecule has 2 aliphatic carbocycles. The Hall–Kier alpha value is -0.300. The van der Waals surface area contributed by atoms with E-state index in [0.717, 1.165) is 5.92 Å². The van der Waals surface area contributed by atoms with E-state index in [-0.39, 0.29) is 0 Å². The van der Waals surface area contributed by atoms with E-state index in [0.29, 0.717) is 6.04 Å². The van der Waals surface area contributed by atoms with Crippen LogP contribution < -0.4 is 5.32 Å². The van der Waals surface area contributed by atoms with Crippen LogP contribution in [0.1, 0.15) is 77.6 Å². The number of rotatable bonds is 7. The van der Waals surface area contributed by atoms with Crippen LogP contribution in [0.2, 0.25) is 0 Å². The fraction of sp³-hybridized carbons (Fsp3) is 0.882. The summed E-state index contributed by atoms with van der Waals surface area (Å²) in [5.41, 5.74) is 1.73. The highest BCUT2D eigenvalue weighted by Crippen LogP contribution is 2.31. The molecule has 0 radical (unpaired) electrons. The van der Waals surface area contributed by atoms with E-state index in [9.17, 15) is 0 Å². The van der Waals surface area contributed by atoms with E-state index in [1.807, 2.05) is 0 Å². The lowest BCUT2D eigenvalue weighted by Gasteiger charge is -2.25. The molecule has 2 rings (SSSR count). The minimum Gasteiger partial charge on any atom is -0.310 e. The van der Waals surface area contributed by atoms with Crippen molar-refractivity contribution >= 4 is 0 Å². The molecule has 1 unspecified atom stereocenters. The Kier molecular flexibility index (Phi) is 6.26. The molecule has 0 aromatic rings. The van der Waals surface area contributed by atoms with Crippen molar-refractivity contribution in [3.8, 4) is 0 Å². The first-order chi connectivity index (χ1) is 8.90. The maximum Gasteiger partial charge on any atom is 0.0279 e. The molecule has 1 N–H and O–H groups in total. The van der Waals surface area contributed by atoms with Gasteiger partial charge in [0.1, 0.15) is 0 Å². The summed E-state index contributed by atoms with van der Waals surface area (Å²) < 4.78 is 0. The number of allylic oxidation sites excluding steroid dienone is 1. The van der Waals surface area contributed by atoms with Gasteiger partial charge in [-0.2, -0.15) is 0 Å². The molecule has 0 heterocycles. The summed E-state index contributed by atoms with van der Waals surface area (Å²) in [5.74, 6) is 1.04. The molecule has 104 valence electrons. The molecule has 0 saturated heterocycles. The molecule has 0 amide bonds. The summed E-state index contributed by atoms with van der Waals surface area (Å²) in [5, 5.41) is 3.79. The second kappa shape index (κ2) is 7.99. The standard InChI is InChI=1S/C17H31N/c1-2-14-18-17(16-10-4-3-5-11-16)13-12-15-8-6-7-9-15/h10,15,17-18H,2-9,11-14H2,1H3. The van der Waals surface area contributed by atoms with Crippen molar-refractivity contribution in [2.45, 2.75) is 83.6 Å².